The van der Waals surface area contributed by atoms with Crippen LogP contribution < -0.4 is 10.6 Å². The van der Waals surface area contributed by atoms with E-state index >= 15 is 0 Å². The van der Waals surface area contributed by atoms with Crippen LogP contribution in [-0.4, -0.2) is 58.6 Å². The molecule has 1 saturated heterocycles. The van der Waals surface area contributed by atoms with E-state index in [1.807, 2.05) is 52.7 Å². The third-order valence-electron chi connectivity index (χ3n) is 4.04. The second-order valence-corrected chi connectivity index (χ2v) is 7.59. The monoisotopic (exact) mass is 323 g/mol. The van der Waals surface area contributed by atoms with E-state index in [-0.39, 0.29) is 23.3 Å². The Balaban J connectivity index is 1.88. The number of likely N-dealkylation sites (N-methyl/N-ethyl adjacent to an activating group) is 1. The van der Waals surface area contributed by atoms with Crippen molar-refractivity contribution in [2.24, 2.45) is 0 Å². The third-order valence-corrected chi connectivity index (χ3v) is 4.04. The van der Waals surface area contributed by atoms with Gasteiger partial charge < -0.3 is 15.0 Å². The molecule has 23 heavy (non-hydrogen) atoms. The highest BCUT2D eigenvalue weighted by Crippen LogP contribution is 2.37. The minimum Gasteiger partial charge on any atom is -0.367 e. The first kappa shape index (κ1) is 17.7. The van der Waals surface area contributed by atoms with Crippen LogP contribution in [0.15, 0.2) is 12.3 Å². The summed E-state index contributed by atoms with van der Waals surface area (Å²) in [6.45, 7) is 9.77. The smallest absolute Gasteiger partial charge is 0.320 e. The first-order valence-corrected chi connectivity index (χ1v) is 8.03. The van der Waals surface area contributed by atoms with E-state index in [1.54, 1.807) is 6.07 Å². The largest absolute Gasteiger partial charge is 0.367 e. The summed E-state index contributed by atoms with van der Waals surface area (Å²) in [5.41, 5.74) is -0.610. The molecule has 0 spiro atoms. The number of urea groups is 1. The quantitative estimate of drug-likeness (QED) is 0.868. The zero-order valence-corrected chi connectivity index (χ0v) is 15.0. The van der Waals surface area contributed by atoms with Gasteiger partial charge in [0.1, 0.15) is 0 Å². The number of amides is 2. The molecule has 2 N–H and O–H groups in total. The number of hydrogen-bond acceptors (Lipinski definition) is 4. The third kappa shape index (κ3) is 4.94. The van der Waals surface area contributed by atoms with E-state index < -0.39 is 0 Å². The van der Waals surface area contributed by atoms with Gasteiger partial charge in [-0.2, -0.15) is 5.10 Å². The van der Waals surface area contributed by atoms with Gasteiger partial charge in [0.2, 0.25) is 0 Å². The molecule has 0 bridgehead atoms. The summed E-state index contributed by atoms with van der Waals surface area (Å²) < 4.78 is 7.81. The fraction of sp³-hybridized carbons (Fsp3) is 0.750. The summed E-state index contributed by atoms with van der Waals surface area (Å²) >= 11 is 0. The van der Waals surface area contributed by atoms with Crippen molar-refractivity contribution in [3.8, 4) is 0 Å². The average Bonchev–Trinajstić information content (AvgIpc) is 2.88. The maximum Gasteiger partial charge on any atom is 0.320 e. The molecule has 0 saturated carbocycles. The lowest BCUT2D eigenvalue weighted by Gasteiger charge is -2.27. The van der Waals surface area contributed by atoms with Crippen LogP contribution in [0.2, 0.25) is 0 Å². The summed E-state index contributed by atoms with van der Waals surface area (Å²) in [6, 6.07) is 1.52. The number of anilines is 1. The minimum absolute atomic E-state index is 0.0340. The summed E-state index contributed by atoms with van der Waals surface area (Å²) in [4.78, 5) is 14.3. The van der Waals surface area contributed by atoms with Gasteiger partial charge in [0.05, 0.1) is 23.8 Å². The number of carbonyl (C=O) groups excluding carboxylic acids is 1. The first-order chi connectivity index (χ1) is 10.6. The number of nitrogens with one attached hydrogen (secondary N) is 2. The van der Waals surface area contributed by atoms with Gasteiger partial charge >= 0.3 is 6.03 Å². The number of nitrogens with zero attached hydrogens (tertiary/aromatic N) is 3. The maximum atomic E-state index is 12.2. The highest BCUT2D eigenvalue weighted by molar-refractivity contribution is 5.88. The van der Waals surface area contributed by atoms with Gasteiger partial charge in [0.25, 0.3) is 0 Å². The fourth-order valence-corrected chi connectivity index (χ4v) is 2.95. The van der Waals surface area contributed by atoms with Gasteiger partial charge in [0.15, 0.2) is 5.82 Å². The van der Waals surface area contributed by atoms with Crippen molar-refractivity contribution in [2.45, 2.75) is 57.9 Å². The topological polar surface area (TPSA) is 71.4 Å². The van der Waals surface area contributed by atoms with Crippen molar-refractivity contribution >= 4 is 11.8 Å². The van der Waals surface area contributed by atoms with Crippen LogP contribution in [0, 0.1) is 0 Å². The van der Waals surface area contributed by atoms with Crippen LogP contribution in [-0.2, 0) is 11.3 Å². The SMILES string of the molecule is CN(C)CCn1ccc(NC(=O)N[C@H]2CC(C)(C)OC2(C)C)n1. The van der Waals surface area contributed by atoms with Crippen LogP contribution in [0.25, 0.3) is 0 Å². The van der Waals surface area contributed by atoms with E-state index in [2.05, 4.69) is 20.6 Å². The number of aromatic nitrogens is 2. The van der Waals surface area contributed by atoms with Crippen LogP contribution >= 0.6 is 0 Å². The molecule has 2 rings (SSSR count). The van der Waals surface area contributed by atoms with Gasteiger partial charge in [-0.1, -0.05) is 0 Å². The van der Waals surface area contributed by atoms with Crippen LogP contribution in [0.1, 0.15) is 34.1 Å². The van der Waals surface area contributed by atoms with Gasteiger partial charge in [-0.15, -0.1) is 0 Å². The Labute approximate surface area is 138 Å². The Kier molecular flexibility index (Phi) is 5.01. The average molecular weight is 323 g/mol. The van der Waals surface area contributed by atoms with Crippen LogP contribution in [0.5, 0.6) is 0 Å². The lowest BCUT2D eigenvalue weighted by atomic mass is 9.95. The van der Waals surface area contributed by atoms with E-state index in [0.717, 1.165) is 19.5 Å². The highest BCUT2D eigenvalue weighted by atomic mass is 16.5. The molecule has 2 amide bonds. The molecular weight excluding hydrogens is 294 g/mol. The molecule has 130 valence electrons. The summed E-state index contributed by atoms with van der Waals surface area (Å²) in [6.07, 6.45) is 2.65. The van der Waals surface area contributed by atoms with Crippen molar-refractivity contribution in [3.63, 3.8) is 0 Å². The molecule has 1 fully saturated rings. The Bertz CT molecular complexity index is 550. The van der Waals surface area contributed by atoms with Crippen molar-refractivity contribution in [3.05, 3.63) is 12.3 Å². The molecule has 1 atom stereocenters. The van der Waals surface area contributed by atoms with E-state index in [9.17, 15) is 4.79 Å². The fourth-order valence-electron chi connectivity index (χ4n) is 2.95. The molecule has 0 aliphatic carbocycles. The van der Waals surface area contributed by atoms with E-state index in [1.165, 1.54) is 0 Å². The molecule has 1 aromatic rings. The Morgan fingerprint density at radius 3 is 2.70 bits per heavy atom. The Morgan fingerprint density at radius 2 is 2.13 bits per heavy atom. The molecule has 0 aromatic carbocycles. The first-order valence-electron chi connectivity index (χ1n) is 8.03. The predicted molar refractivity (Wildman–Crippen MR) is 90.6 cm³/mol. The minimum atomic E-state index is -0.383. The van der Waals surface area contributed by atoms with Crippen molar-refractivity contribution in [2.75, 3.05) is 26.0 Å². The normalized spacial score (nSPS) is 22.3. The van der Waals surface area contributed by atoms with Crippen molar-refractivity contribution in [1.29, 1.82) is 0 Å². The standard InChI is InChI=1S/C16H29N5O2/c1-15(2)11-12(16(3,4)23-15)17-14(22)18-13-7-8-21(19-13)10-9-20(5)6/h7-8,12H,9-11H2,1-6H3,(H2,17,18,19,22)/t12-/m0/s1. The predicted octanol–water partition coefficient (Wildman–Crippen LogP) is 1.91. The molecular formula is C16H29N5O2. The highest BCUT2D eigenvalue weighted by Gasteiger charge is 2.46. The van der Waals surface area contributed by atoms with Crippen LogP contribution in [0.4, 0.5) is 10.6 Å². The number of hydrogen-bond donors (Lipinski definition) is 2. The lowest BCUT2D eigenvalue weighted by molar-refractivity contribution is -0.0689. The number of carbonyl (C=O) groups is 1. The zero-order valence-electron chi connectivity index (χ0n) is 15.0. The molecule has 7 nitrogen and oxygen atoms in total. The molecule has 1 aromatic heterocycles. The van der Waals surface area contributed by atoms with Gasteiger partial charge in [-0.3, -0.25) is 10.00 Å². The second-order valence-electron chi connectivity index (χ2n) is 7.59. The number of ether oxygens (including phenoxy) is 1. The molecule has 7 heteroatoms. The van der Waals surface area contributed by atoms with Gasteiger partial charge in [0, 0.05) is 18.8 Å². The zero-order chi connectivity index (χ0) is 17.3. The lowest BCUT2D eigenvalue weighted by Crippen LogP contribution is -2.47. The summed E-state index contributed by atoms with van der Waals surface area (Å²) in [5, 5.41) is 10.1. The van der Waals surface area contributed by atoms with Crippen LogP contribution in [0.3, 0.4) is 0 Å². The molecule has 2 heterocycles. The maximum absolute atomic E-state index is 12.2. The van der Waals surface area contributed by atoms with E-state index in [0.29, 0.717) is 5.82 Å². The molecule has 0 unspecified atom stereocenters. The Morgan fingerprint density at radius 1 is 1.43 bits per heavy atom. The Hall–Kier alpha value is -1.60. The molecule has 0 radical (unpaired) electrons. The van der Waals surface area contributed by atoms with Crippen molar-refractivity contribution < 1.29 is 9.53 Å². The summed E-state index contributed by atoms with van der Waals surface area (Å²) in [5.74, 6) is 0.553. The molecule has 1 aliphatic heterocycles. The van der Waals surface area contributed by atoms with Gasteiger partial charge in [-0.25, -0.2) is 4.79 Å². The number of rotatable bonds is 5. The van der Waals surface area contributed by atoms with E-state index in [4.69, 9.17) is 4.74 Å². The van der Waals surface area contributed by atoms with Crippen molar-refractivity contribution in [1.82, 2.24) is 20.0 Å². The second kappa shape index (κ2) is 6.49. The van der Waals surface area contributed by atoms with Gasteiger partial charge in [-0.05, 0) is 48.2 Å². The molecule has 1 aliphatic rings. The summed E-state index contributed by atoms with van der Waals surface area (Å²) in [7, 11) is 4.03.